The molecule has 49 heavy (non-hydrogen) atoms. The van der Waals surface area contributed by atoms with Gasteiger partial charge in [-0.2, -0.15) is 0 Å². The van der Waals surface area contributed by atoms with Gasteiger partial charge in [-0.05, 0) is 131 Å². The summed E-state index contributed by atoms with van der Waals surface area (Å²) in [5.41, 5.74) is 0. The lowest BCUT2D eigenvalue weighted by molar-refractivity contribution is -0.137. The number of nitrogens with one attached hydrogen (secondary N) is 1. The van der Waals surface area contributed by atoms with Gasteiger partial charge in [0.25, 0.3) is 0 Å². The zero-order valence-electron chi connectivity index (χ0n) is 34.6. The molecule has 0 unspecified atom stereocenters. The lowest BCUT2D eigenvalue weighted by Crippen LogP contribution is -2.60. The Balaban J connectivity index is 6.39. The zero-order valence-corrected chi connectivity index (χ0v) is 42.6. The van der Waals surface area contributed by atoms with Gasteiger partial charge in [-0.15, -0.1) is 0 Å². The minimum absolute atomic E-state index is 0.0623. The van der Waals surface area contributed by atoms with E-state index in [4.69, 9.17) is 29.4 Å². The fourth-order valence-corrected chi connectivity index (χ4v) is 34.3. The summed E-state index contributed by atoms with van der Waals surface area (Å²) in [6.45, 7) is 43.9. The Labute approximate surface area is 309 Å². The topological polar surface area (TPSA) is 114 Å². The maximum atomic E-state index is 13.7. The highest BCUT2D eigenvalue weighted by atomic mass is 28.5. The van der Waals surface area contributed by atoms with Crippen LogP contribution in [0.3, 0.4) is 0 Å². The van der Waals surface area contributed by atoms with E-state index in [1.807, 2.05) is 4.90 Å². The average molecular weight is 832 g/mol. The van der Waals surface area contributed by atoms with Gasteiger partial charge in [0.15, 0.2) is 49.9 Å². The monoisotopic (exact) mass is 830 g/mol. The normalized spacial score (nSPS) is 14.1. The van der Waals surface area contributed by atoms with Crippen LogP contribution in [0.1, 0.15) is 12.8 Å². The fraction of sp³-hybridized carbons (Fsp3) is 0.867. The molecule has 0 aromatic carbocycles. The molecule has 0 rings (SSSR count). The van der Waals surface area contributed by atoms with Crippen molar-refractivity contribution < 1.29 is 39.0 Å². The van der Waals surface area contributed by atoms with E-state index in [9.17, 15) is 9.59 Å². The largest absolute Gasteiger partial charge is 0.469 e. The number of hydrogen-bond donors (Lipinski definition) is 1. The van der Waals surface area contributed by atoms with Crippen LogP contribution in [0.4, 0.5) is 4.79 Å². The number of urea groups is 1. The first-order valence-corrected chi connectivity index (χ1v) is 42.0. The molecule has 0 aliphatic heterocycles. The molecule has 0 saturated carbocycles. The number of amides is 2. The molecule has 11 nitrogen and oxygen atoms in total. The predicted octanol–water partition coefficient (Wildman–Crippen LogP) is 8.49. The molecule has 0 spiro atoms. The molecule has 1 N–H and O–H groups in total. The van der Waals surface area contributed by atoms with Crippen LogP contribution in [0.25, 0.3) is 0 Å². The van der Waals surface area contributed by atoms with Crippen molar-refractivity contribution in [3.8, 4) is 0 Å². The van der Waals surface area contributed by atoms with Crippen molar-refractivity contribution in [2.75, 3.05) is 26.2 Å². The number of carbonyl (C=O) groups excluding carboxylic acids is 2. The van der Waals surface area contributed by atoms with E-state index in [0.717, 1.165) is 6.08 Å². The Kier molecular flexibility index (Phi) is 19.3. The van der Waals surface area contributed by atoms with Crippen molar-refractivity contribution in [1.82, 2.24) is 10.2 Å². The van der Waals surface area contributed by atoms with E-state index in [-0.39, 0.29) is 19.2 Å². The van der Waals surface area contributed by atoms with Gasteiger partial charge in [-0.1, -0.05) is 6.58 Å². The first-order valence-electron chi connectivity index (χ1n) is 17.7. The smallest absolute Gasteiger partial charge is 0.461 e. The van der Waals surface area contributed by atoms with Crippen molar-refractivity contribution in [2.45, 2.75) is 143 Å². The van der Waals surface area contributed by atoms with Crippen LogP contribution in [0.2, 0.25) is 130 Å². The number of rotatable bonds is 24. The second kappa shape index (κ2) is 19.3. The number of ether oxygens (including phenoxy) is 1. The van der Waals surface area contributed by atoms with Gasteiger partial charge in [0.2, 0.25) is 0 Å². The van der Waals surface area contributed by atoms with Crippen molar-refractivity contribution in [2.24, 2.45) is 0 Å². The van der Waals surface area contributed by atoms with E-state index in [0.29, 0.717) is 38.0 Å². The van der Waals surface area contributed by atoms with Gasteiger partial charge in [0.05, 0.1) is 6.54 Å². The number of hydrogen-bond acceptors (Lipinski definition) is 9. The van der Waals surface area contributed by atoms with Crippen LogP contribution in [0, 0.1) is 0 Å². The van der Waals surface area contributed by atoms with Gasteiger partial charge < -0.3 is 39.6 Å². The number of esters is 1. The Hall–Kier alpha value is -0.0249. The van der Waals surface area contributed by atoms with Gasteiger partial charge >= 0.3 is 29.6 Å². The van der Waals surface area contributed by atoms with Crippen molar-refractivity contribution in [3.63, 3.8) is 0 Å². The molecule has 2 amide bonds. The maximum absolute atomic E-state index is 13.7. The van der Waals surface area contributed by atoms with Crippen molar-refractivity contribution in [1.29, 1.82) is 0 Å². The van der Waals surface area contributed by atoms with Crippen molar-refractivity contribution >= 4 is 79.5 Å². The Morgan fingerprint density at radius 3 is 1.08 bits per heavy atom. The lowest BCUT2D eigenvalue weighted by Gasteiger charge is -2.43. The second-order valence-electron chi connectivity index (χ2n) is 18.5. The Morgan fingerprint density at radius 2 is 0.837 bits per heavy atom. The van der Waals surface area contributed by atoms with Gasteiger partial charge in [-0.3, -0.25) is 0 Å². The minimum Gasteiger partial charge on any atom is -0.461 e. The zero-order chi connectivity index (χ0) is 38.8. The summed E-state index contributed by atoms with van der Waals surface area (Å²) in [4.78, 5) is 27.1. The quantitative estimate of drug-likeness (QED) is 0.0443. The number of carbonyl (C=O) groups is 2. The number of nitrogens with zero attached hydrogens (tertiary/aromatic N) is 1. The van der Waals surface area contributed by atoms with Gasteiger partial charge in [-0.25, -0.2) is 9.59 Å². The molecule has 0 fully saturated rings. The van der Waals surface area contributed by atoms with Crippen LogP contribution in [-0.4, -0.2) is 111 Å². The Morgan fingerprint density at radius 1 is 0.551 bits per heavy atom. The first kappa shape index (κ1) is 49.0. The summed E-state index contributed by atoms with van der Waals surface area (Å²) in [6, 6.07) is 1.03. The fourth-order valence-electron chi connectivity index (χ4n) is 5.00. The van der Waals surface area contributed by atoms with E-state index in [1.54, 1.807) is 0 Å². The molecule has 290 valence electrons. The van der Waals surface area contributed by atoms with Crippen LogP contribution in [-0.2, 0) is 34.2 Å². The summed E-state index contributed by atoms with van der Waals surface area (Å²) < 4.78 is 46.4. The maximum Gasteiger partial charge on any atom is 0.469 e. The van der Waals surface area contributed by atoms with Gasteiger partial charge in [0.1, 0.15) is 6.61 Å². The Bertz CT molecular complexity index is 901. The molecule has 19 heteroatoms. The summed E-state index contributed by atoms with van der Waals surface area (Å²) >= 11 is 0. The van der Waals surface area contributed by atoms with Crippen molar-refractivity contribution in [3.05, 3.63) is 12.7 Å². The molecule has 0 aliphatic rings. The van der Waals surface area contributed by atoms with Crippen LogP contribution < -0.4 is 5.32 Å². The highest BCUT2D eigenvalue weighted by molar-refractivity contribution is 6.91. The minimum atomic E-state index is -3.07. The molecule has 0 aromatic rings. The molecular weight excluding hydrogens is 757 g/mol. The molecule has 0 heterocycles. The SMILES string of the molecule is C=CC(=O)OCCNC(=O)N(CCC[Si](O[Si](C)(C)C)(O[Si](C)(C)C)O[Si](C)(C)C)CCC[Si](O[Si](C)(C)C)(O[Si](C)(C)C)O[Si](C)(C)C. The molecule has 0 radical (unpaired) electrons. The third kappa shape index (κ3) is 25.6. The summed E-state index contributed by atoms with van der Waals surface area (Å²) in [5, 5.41) is 2.94. The van der Waals surface area contributed by atoms with Crippen LogP contribution in [0.15, 0.2) is 12.7 Å². The standard InChI is InChI=1S/C30H74N2O9Si8/c1-20-29(33)35-26-23-31-30(34)32(24-21-27-48(36-42(2,3)4,37-43(5,6)7)38-44(8,9)10)25-22-28-49(39-45(11,12)13,40-46(14,15)16)41-47(17,18)19/h20H,1,21-28H2,2-19H3,(H,31,34). The van der Waals surface area contributed by atoms with Crippen LogP contribution in [0.5, 0.6) is 0 Å². The average Bonchev–Trinajstić information content (AvgIpc) is 2.78. The third-order valence-corrected chi connectivity index (χ3v) is 29.8. The molecule has 0 aromatic heterocycles. The van der Waals surface area contributed by atoms with E-state index in [2.05, 4.69) is 130 Å². The predicted molar refractivity (Wildman–Crippen MR) is 223 cm³/mol. The molecule has 0 saturated heterocycles. The van der Waals surface area contributed by atoms with E-state index >= 15 is 0 Å². The highest BCUT2D eigenvalue weighted by Gasteiger charge is 2.51. The lowest BCUT2D eigenvalue weighted by atomic mass is 10.3. The third-order valence-electron chi connectivity index (χ3n) is 5.67. The molecule has 0 atom stereocenters. The summed E-state index contributed by atoms with van der Waals surface area (Å²) in [6.07, 6.45) is 2.44. The first-order chi connectivity index (χ1) is 21.7. The van der Waals surface area contributed by atoms with E-state index < -0.39 is 73.5 Å². The van der Waals surface area contributed by atoms with Gasteiger partial charge in [0, 0.05) is 31.3 Å². The van der Waals surface area contributed by atoms with Crippen LogP contribution >= 0.6 is 0 Å². The summed E-state index contributed by atoms with van der Waals surface area (Å²) in [7, 11) is -18.4. The molecular formula is C30H74N2O9Si8. The van der Waals surface area contributed by atoms with E-state index in [1.165, 1.54) is 0 Å². The molecule has 0 aliphatic carbocycles. The highest BCUT2D eigenvalue weighted by Crippen LogP contribution is 2.32. The second-order valence-corrected chi connectivity index (χ2v) is 52.4. The molecule has 0 bridgehead atoms. The summed E-state index contributed by atoms with van der Waals surface area (Å²) in [5.74, 6) is -0.520.